The third kappa shape index (κ3) is 30.2. The number of rotatable bonds is 9. The van der Waals surface area contributed by atoms with Crippen molar-refractivity contribution in [3.05, 3.63) is 0 Å². The molecular formula is C9H21NaO6P2+2. The maximum atomic E-state index is 9.35. The standard InChI is InChI=1S/C9H20O.Na.O5P2/c1-2-3-4-5-6-7-8-9-10;;1-6(2)5-7(3)4/h10H,2-9H2,1H3;;/q;+1;/p+1. The SMILES string of the molecule is CCCCCCCCCO.O=[P+]([O-])O[P+](=O)O.[Na+]. The Labute approximate surface area is 132 Å². The molecule has 0 aliphatic heterocycles. The van der Waals surface area contributed by atoms with E-state index in [9.17, 15) is 14.0 Å². The molecule has 102 valence electrons. The second kappa shape index (κ2) is 20.4. The van der Waals surface area contributed by atoms with Crippen LogP contribution in [0.3, 0.4) is 0 Å². The third-order valence-electron chi connectivity index (χ3n) is 1.90. The van der Waals surface area contributed by atoms with E-state index in [-0.39, 0.29) is 29.6 Å². The Balaban J connectivity index is -0.000000251. The van der Waals surface area contributed by atoms with Crippen molar-refractivity contribution in [3.8, 4) is 0 Å². The van der Waals surface area contributed by atoms with E-state index >= 15 is 0 Å². The van der Waals surface area contributed by atoms with Crippen LogP contribution in [0.15, 0.2) is 0 Å². The Hall–Kier alpha value is 1.04. The summed E-state index contributed by atoms with van der Waals surface area (Å²) in [5.41, 5.74) is 0. The van der Waals surface area contributed by atoms with Gasteiger partial charge >= 0.3 is 46.1 Å². The molecule has 0 aliphatic carbocycles. The summed E-state index contributed by atoms with van der Waals surface area (Å²) in [7, 11) is -6.16. The smallest absolute Gasteiger partial charge is 0.563 e. The average molecular weight is 310 g/mol. The number of hydrogen-bond donors (Lipinski definition) is 2. The largest absolute Gasteiger partial charge is 1.00 e. The summed E-state index contributed by atoms with van der Waals surface area (Å²) in [6, 6.07) is 0. The summed E-state index contributed by atoms with van der Waals surface area (Å²) in [6.45, 7) is 2.60. The minimum absolute atomic E-state index is 0. The maximum Gasteiger partial charge on any atom is 1.00 e. The minimum atomic E-state index is -3.17. The minimum Gasteiger partial charge on any atom is -0.563 e. The molecule has 0 aromatic heterocycles. The Morgan fingerprint density at radius 3 is 1.78 bits per heavy atom. The van der Waals surface area contributed by atoms with E-state index in [1.165, 1.54) is 38.5 Å². The maximum absolute atomic E-state index is 9.35. The topological polar surface area (TPSA) is 107 Å². The molecule has 0 saturated carbocycles. The molecular weight excluding hydrogens is 289 g/mol. The summed E-state index contributed by atoms with van der Waals surface area (Å²) >= 11 is 0. The Morgan fingerprint density at radius 1 is 1.06 bits per heavy atom. The first-order chi connectivity index (χ1) is 8.04. The molecule has 0 saturated heterocycles. The fraction of sp³-hybridized carbons (Fsp3) is 1.00. The number of unbranched alkanes of at least 4 members (excludes halogenated alkanes) is 6. The number of aliphatic hydroxyl groups is 1. The molecule has 2 atom stereocenters. The predicted molar refractivity (Wildman–Crippen MR) is 63.6 cm³/mol. The van der Waals surface area contributed by atoms with Gasteiger partial charge in [0, 0.05) is 11.2 Å². The van der Waals surface area contributed by atoms with Gasteiger partial charge in [0.15, 0.2) is 0 Å². The molecule has 6 nitrogen and oxygen atoms in total. The van der Waals surface area contributed by atoms with Gasteiger partial charge in [0.2, 0.25) is 0 Å². The first kappa shape index (κ1) is 24.1. The van der Waals surface area contributed by atoms with E-state index in [0.717, 1.165) is 6.42 Å². The van der Waals surface area contributed by atoms with E-state index in [1.807, 2.05) is 0 Å². The van der Waals surface area contributed by atoms with Gasteiger partial charge in [-0.25, -0.2) is 0 Å². The Morgan fingerprint density at radius 2 is 1.50 bits per heavy atom. The molecule has 0 bridgehead atoms. The van der Waals surface area contributed by atoms with Crippen molar-refractivity contribution >= 4 is 16.5 Å². The predicted octanol–water partition coefficient (Wildman–Crippen LogP) is -0.596. The molecule has 0 aliphatic rings. The van der Waals surface area contributed by atoms with E-state index in [2.05, 4.69) is 11.2 Å². The van der Waals surface area contributed by atoms with Gasteiger partial charge in [-0.3, -0.25) is 0 Å². The van der Waals surface area contributed by atoms with Gasteiger partial charge in [-0.2, -0.15) is 0 Å². The summed E-state index contributed by atoms with van der Waals surface area (Å²) in [4.78, 5) is 16.9. The second-order valence-corrected chi connectivity index (χ2v) is 4.96. The van der Waals surface area contributed by atoms with E-state index < -0.39 is 16.5 Å². The van der Waals surface area contributed by atoms with Crippen LogP contribution in [0.5, 0.6) is 0 Å². The number of aliphatic hydroxyl groups excluding tert-OH is 1. The van der Waals surface area contributed by atoms with Gasteiger partial charge in [0.25, 0.3) is 0 Å². The first-order valence-corrected chi connectivity index (χ1v) is 7.86. The van der Waals surface area contributed by atoms with Crippen LogP contribution >= 0.6 is 16.5 Å². The van der Waals surface area contributed by atoms with Crippen molar-refractivity contribution < 1.29 is 57.9 Å². The molecule has 2 N–H and O–H groups in total. The van der Waals surface area contributed by atoms with Crippen LogP contribution in [0.1, 0.15) is 51.9 Å². The molecule has 0 radical (unpaired) electrons. The zero-order valence-corrected chi connectivity index (χ0v) is 14.9. The summed E-state index contributed by atoms with van der Waals surface area (Å²) < 4.78 is 21.9. The van der Waals surface area contributed by atoms with Crippen LogP contribution in [0.25, 0.3) is 0 Å². The molecule has 9 heteroatoms. The summed E-state index contributed by atoms with van der Waals surface area (Å²) in [6.07, 6.45) is 8.93. The molecule has 18 heavy (non-hydrogen) atoms. The van der Waals surface area contributed by atoms with Crippen LogP contribution in [0, 0.1) is 0 Å². The van der Waals surface area contributed by atoms with Gasteiger partial charge in [-0.15, -0.1) is 4.89 Å². The van der Waals surface area contributed by atoms with Crippen molar-refractivity contribution in [1.29, 1.82) is 0 Å². The van der Waals surface area contributed by atoms with Crippen LogP contribution < -0.4 is 34.5 Å². The molecule has 0 spiro atoms. The fourth-order valence-corrected chi connectivity index (χ4v) is 1.58. The Kier molecular flexibility index (Phi) is 27.2. The van der Waals surface area contributed by atoms with Gasteiger partial charge < -0.3 is 10.00 Å². The normalized spacial score (nSPS) is 10.9. The first-order valence-electron chi connectivity index (χ1n) is 5.64. The molecule has 0 rings (SSSR count). The van der Waals surface area contributed by atoms with E-state index in [4.69, 9.17) is 10.00 Å². The zero-order chi connectivity index (χ0) is 13.5. The quantitative estimate of drug-likeness (QED) is 0.335. The molecule has 0 fully saturated rings. The zero-order valence-electron chi connectivity index (χ0n) is 11.1. The Bertz CT molecular complexity index is 185. The van der Waals surface area contributed by atoms with Crippen molar-refractivity contribution in [3.63, 3.8) is 0 Å². The van der Waals surface area contributed by atoms with Crippen molar-refractivity contribution in [1.82, 2.24) is 0 Å². The molecule has 0 aromatic rings. The van der Waals surface area contributed by atoms with E-state index in [0.29, 0.717) is 6.61 Å². The molecule has 0 aromatic carbocycles. The number of hydrogen-bond acceptors (Lipinski definition) is 5. The second-order valence-electron chi connectivity index (χ2n) is 3.39. The van der Waals surface area contributed by atoms with Crippen LogP contribution in [0.4, 0.5) is 0 Å². The fourth-order valence-electron chi connectivity index (χ4n) is 1.13. The molecule has 0 amide bonds. The van der Waals surface area contributed by atoms with Crippen molar-refractivity contribution in [2.75, 3.05) is 6.61 Å². The third-order valence-corrected chi connectivity index (χ3v) is 2.99. The summed E-state index contributed by atoms with van der Waals surface area (Å²) in [5, 5.41) is 8.47. The monoisotopic (exact) mass is 310 g/mol. The van der Waals surface area contributed by atoms with Crippen molar-refractivity contribution in [2.45, 2.75) is 51.9 Å². The van der Waals surface area contributed by atoms with Crippen LogP contribution in [-0.2, 0) is 13.4 Å². The summed E-state index contributed by atoms with van der Waals surface area (Å²) in [5.74, 6) is 0. The molecule has 0 heterocycles. The van der Waals surface area contributed by atoms with E-state index in [1.54, 1.807) is 0 Å². The van der Waals surface area contributed by atoms with Gasteiger partial charge in [0.1, 0.15) is 4.31 Å². The van der Waals surface area contributed by atoms with Gasteiger partial charge in [-0.1, -0.05) is 45.4 Å². The van der Waals surface area contributed by atoms with Crippen LogP contribution in [0.2, 0.25) is 0 Å². The molecule has 2 unspecified atom stereocenters. The van der Waals surface area contributed by atoms with Gasteiger partial charge in [0.05, 0.1) is 0 Å². The average Bonchev–Trinajstić information content (AvgIpc) is 2.22. The van der Waals surface area contributed by atoms with Gasteiger partial charge in [-0.05, 0) is 11.0 Å². The van der Waals surface area contributed by atoms with Crippen LogP contribution in [-0.4, -0.2) is 16.6 Å². The van der Waals surface area contributed by atoms with Crippen molar-refractivity contribution in [2.24, 2.45) is 0 Å².